The van der Waals surface area contributed by atoms with Gasteiger partial charge in [-0.3, -0.25) is 70.8 Å². The van der Waals surface area contributed by atoms with Crippen LogP contribution in [0, 0.1) is 11.8 Å². The molecule has 13 heterocycles. The maximum atomic E-state index is 14.8. The normalized spacial score (nSPS) is 26.2. The van der Waals surface area contributed by atoms with Gasteiger partial charge in [0.05, 0.1) is 101 Å². The molecule has 0 saturated carbocycles. The van der Waals surface area contributed by atoms with Crippen molar-refractivity contribution in [1.82, 2.24) is 77.7 Å². The number of aromatic nitrogens is 16. The number of nitrogens with zero attached hydrogens (tertiary/aromatic N) is 13. The number of hydrogen-bond acceptors (Lipinski definition) is 41. The quantitative estimate of drug-likeness (QED) is 0.0222. The topological polar surface area (TPSA) is 689 Å². The van der Waals surface area contributed by atoms with Crippen LogP contribution in [0.2, 0.25) is 0 Å². The third-order valence-electron chi connectivity index (χ3n) is 20.0. The summed E-state index contributed by atoms with van der Waals surface area (Å²) in [5.74, 6) is -1.77. The van der Waals surface area contributed by atoms with Gasteiger partial charge >= 0.3 is 38.5 Å². The predicted molar refractivity (Wildman–Crippen MR) is 443 cm³/mol. The monoisotopic (exact) mass is 1840 g/mol. The Morgan fingerprint density at radius 2 is 0.906 bits per heavy atom. The Bertz CT molecular complexity index is 5790. The molecule has 15 rings (SSSR count). The number of alkyl halides is 1. The van der Waals surface area contributed by atoms with Crippen LogP contribution >= 0.6 is 15.2 Å². The number of H-pyrrole nitrogens is 3. The van der Waals surface area contributed by atoms with Crippen molar-refractivity contribution in [3.63, 3.8) is 0 Å². The number of benzene rings is 2. The highest BCUT2D eigenvalue weighted by atomic mass is 31.2. The Hall–Kier alpha value is -11.1. The Balaban J connectivity index is 0.000000159. The Morgan fingerprint density at radius 1 is 0.500 bits per heavy atom. The lowest BCUT2D eigenvalue weighted by molar-refractivity contribution is -0.152. The lowest BCUT2D eigenvalue weighted by atomic mass is 10.1. The summed E-state index contributed by atoms with van der Waals surface area (Å²) in [4.78, 5) is 121. The number of esters is 2. The molecule has 0 spiro atoms. The Morgan fingerprint density at radius 3 is 1.34 bits per heavy atom. The summed E-state index contributed by atoms with van der Waals surface area (Å²) in [5, 5.41) is 78.7. The molecule has 0 amide bonds. The number of aliphatic hydroxyl groups is 8. The number of rotatable bonds is 28. The van der Waals surface area contributed by atoms with Gasteiger partial charge in [-0.25, -0.2) is 58.0 Å². The molecule has 17 N–H and O–H groups in total. The highest BCUT2D eigenvalue weighted by Gasteiger charge is 2.50. The molecule has 5 aliphatic heterocycles. The maximum absolute atomic E-state index is 14.8. The molecular weight excluding hydrogens is 1740 g/mol. The number of aliphatic hydroxyl groups excluding tert-OH is 8. The van der Waals surface area contributed by atoms with Crippen LogP contribution in [0.25, 0.3) is 33.5 Å². The molecular formula is C76H100FN19O30P2. The highest BCUT2D eigenvalue weighted by molar-refractivity contribution is 7.54. The van der Waals surface area contributed by atoms with Gasteiger partial charge in [-0.15, -0.1) is 0 Å². The van der Waals surface area contributed by atoms with Crippen LogP contribution in [-0.2, 0) is 70.4 Å². The number of nitrogens with one attached hydrogen (secondary N) is 3. The first-order valence-electron chi connectivity index (χ1n) is 39.8. The molecule has 696 valence electrons. The summed E-state index contributed by atoms with van der Waals surface area (Å²) in [5.41, 5.74) is 15.7. The molecule has 49 nitrogen and oxygen atoms in total. The van der Waals surface area contributed by atoms with Crippen LogP contribution < -0.4 is 54.3 Å². The molecule has 5 fully saturated rings. The minimum absolute atomic E-state index is 0.0660. The predicted octanol–water partition coefficient (Wildman–Crippen LogP) is -0.239. The number of fused-ring (bicyclic) bond motifs is 3. The van der Waals surface area contributed by atoms with E-state index in [2.05, 4.69) is 49.8 Å². The standard InChI is InChI=1S/C22H28FN2O9P.C22H29N2O9P.C11H15N5O5.C11H15N5O4.C10H13N5O3/c1-13(2)32-21(28)14(3)12-35(30,34-15-7-5-4-6-8-15)31-11-16-18(23)19(27)20(33-16)25-10-9-17(26)24-22(25)29;1-14(2)31-21(27)15(3)13-34(29,33-16-7-5-4-6-8-16)30-12-17-11-18(25)20(32-17)24-10-9-19(26)23-22(24)28;1-20-7-4(2-17)21-10(6(7)18)16-3-13-5-8(16)14-11(12)15-9(5)19;1-19-8-5(2-17)20-11(7(8)18)16-4-15-6-9(12)13-3-14-10(6)16;11-8-7-9(13-3-12-8)15(4-14-7)10-6(17)1-5(2-16)18-10/h4-10,13-14,16,18-20,27H,11-12H2,1-3H3,(H,24,26,29);4-10,14-15,17-18,20,25H,11-13H2,1-3H3,(H,23,26,28);3-4,6-7,10,17-18H,2H2,1H3,(H3,12,14,15,19);3-5,7-8,11,17-18H,2H2,1H3,(H2,12,13,14);3-6,10,16-17H,1-2H2,(H2,11,12,13)/t14-,16-,18+,19?,20-,35?;15-,17+,18?,20-,34?;4-,6?,7+,10-;5-,7?,8+,11-;5-,6?,10+/m11110/s1. The van der Waals surface area contributed by atoms with Crippen LogP contribution in [0.1, 0.15) is 85.5 Å². The summed E-state index contributed by atoms with van der Waals surface area (Å²) in [6.07, 6.45) is -9.01. The fourth-order valence-corrected chi connectivity index (χ4v) is 17.7. The van der Waals surface area contributed by atoms with Gasteiger partial charge < -0.3 is 110 Å². The lowest BCUT2D eigenvalue weighted by Crippen LogP contribution is -2.36. The van der Waals surface area contributed by atoms with Crippen LogP contribution in [0.5, 0.6) is 11.5 Å². The lowest BCUT2D eigenvalue weighted by Gasteiger charge is -2.24. The van der Waals surface area contributed by atoms with Crippen molar-refractivity contribution in [3.05, 3.63) is 169 Å². The largest absolute Gasteiger partial charge is 0.463 e. The van der Waals surface area contributed by atoms with Crippen LogP contribution in [0.15, 0.2) is 141 Å². The number of carbonyl (C=O) groups is 2. The third-order valence-corrected chi connectivity index (χ3v) is 24.1. The summed E-state index contributed by atoms with van der Waals surface area (Å²) in [7, 11) is -5.03. The van der Waals surface area contributed by atoms with Crippen LogP contribution in [0.3, 0.4) is 0 Å². The Kier molecular flexibility index (Phi) is 33.0. The fourth-order valence-electron chi connectivity index (χ4n) is 13.9. The molecule has 0 radical (unpaired) electrons. The number of methoxy groups -OCH3 is 2. The first-order chi connectivity index (χ1) is 61.0. The summed E-state index contributed by atoms with van der Waals surface area (Å²) in [6.45, 7) is 8.34. The van der Waals surface area contributed by atoms with Gasteiger partial charge in [-0.2, -0.15) is 4.98 Å². The minimum Gasteiger partial charge on any atom is -0.463 e. The van der Waals surface area contributed by atoms with Gasteiger partial charge in [0, 0.05) is 51.6 Å². The molecule has 22 atom stereocenters. The molecule has 128 heavy (non-hydrogen) atoms. The molecule has 8 aromatic heterocycles. The van der Waals surface area contributed by atoms with E-state index < -0.39 is 178 Å². The molecule has 0 bridgehead atoms. The van der Waals surface area contributed by atoms with E-state index in [4.69, 9.17) is 83.0 Å². The van der Waals surface area contributed by atoms with E-state index in [1.807, 2.05) is 4.98 Å². The summed E-state index contributed by atoms with van der Waals surface area (Å²) >= 11 is 0. The molecule has 0 aliphatic carbocycles. The first kappa shape index (κ1) is 97.5. The molecule has 7 unspecified atom stereocenters. The first-order valence-corrected chi connectivity index (χ1v) is 43.2. The van der Waals surface area contributed by atoms with E-state index in [1.54, 1.807) is 104 Å². The smallest absolute Gasteiger partial charge is 0.380 e. The van der Waals surface area contributed by atoms with Gasteiger partial charge in [-0.1, -0.05) is 50.2 Å². The van der Waals surface area contributed by atoms with Crippen molar-refractivity contribution in [2.45, 2.75) is 177 Å². The van der Waals surface area contributed by atoms with Crippen molar-refractivity contribution in [1.29, 1.82) is 0 Å². The van der Waals surface area contributed by atoms with E-state index in [1.165, 1.54) is 63.5 Å². The second-order valence-corrected chi connectivity index (χ2v) is 34.3. The van der Waals surface area contributed by atoms with E-state index >= 15 is 0 Å². The number of aromatic amines is 3. The number of nitrogen functional groups attached to an aromatic ring is 3. The summed E-state index contributed by atoms with van der Waals surface area (Å²) in [6, 6.07) is 18.7. The fraction of sp³-hybridized carbons (Fsp3) is 0.513. The van der Waals surface area contributed by atoms with E-state index in [0.29, 0.717) is 34.5 Å². The number of halogens is 1. The average molecular weight is 1840 g/mol. The third kappa shape index (κ3) is 23.5. The highest BCUT2D eigenvalue weighted by Crippen LogP contribution is 2.53. The van der Waals surface area contributed by atoms with Gasteiger partial charge in [0.15, 0.2) is 71.4 Å². The molecule has 5 aliphatic rings. The van der Waals surface area contributed by atoms with Crippen molar-refractivity contribution < 1.29 is 125 Å². The Labute approximate surface area is 723 Å². The van der Waals surface area contributed by atoms with Gasteiger partial charge in [0.2, 0.25) is 5.95 Å². The van der Waals surface area contributed by atoms with Crippen molar-refractivity contribution >= 4 is 78.2 Å². The zero-order valence-electron chi connectivity index (χ0n) is 69.9. The number of hydrogen-bond donors (Lipinski definition) is 14. The van der Waals surface area contributed by atoms with Crippen molar-refractivity contribution in [2.75, 3.05) is 76.8 Å². The van der Waals surface area contributed by atoms with Crippen molar-refractivity contribution in [3.8, 4) is 11.5 Å². The minimum atomic E-state index is -4.05. The SMILES string of the molecule is CC(C)OC(=O)[C@H](C)CP(=O)(OC[C@@H]1CC(O)[C@H](n2ccc(=O)[nH]c2=O)O1)Oc1ccccc1.CC(C)OC(=O)[C@H](C)CP(=O)(OC[C@H]1O[C@@H](n2ccc(=O)[nH]c2=O)C(O)[C@H]1F)Oc1ccccc1.CO[C@@H]1C(O)[C@H](n2cnc3c(=O)[nH]c(N)nc32)O[C@@H]1CO.CO[C@@H]1C(O)[C@H](n2cnc3c(N)ncnc32)O[C@@H]1CO.Nc1ncnc2c1ncn2[C@@H]1O[C@H](CO)CC1O. The van der Waals surface area contributed by atoms with E-state index in [9.17, 15) is 82.8 Å². The van der Waals surface area contributed by atoms with Gasteiger partial charge in [0.25, 0.3) is 16.7 Å². The number of nitrogens with two attached hydrogens (primary N) is 3. The van der Waals surface area contributed by atoms with Crippen molar-refractivity contribution in [2.24, 2.45) is 11.8 Å². The summed E-state index contributed by atoms with van der Waals surface area (Å²) < 4.78 is 119. The van der Waals surface area contributed by atoms with Gasteiger partial charge in [0.1, 0.15) is 96.2 Å². The average Bonchev–Trinajstić information content (AvgIpc) is 1.62. The van der Waals surface area contributed by atoms with Crippen LogP contribution in [0.4, 0.5) is 22.0 Å². The zero-order valence-corrected chi connectivity index (χ0v) is 71.7. The number of carbonyl (C=O) groups excluding carboxylic acids is 2. The maximum Gasteiger partial charge on any atom is 0.380 e. The number of para-hydroxylation sites is 2. The second-order valence-electron chi connectivity index (χ2n) is 30.2. The second kappa shape index (κ2) is 43.3. The van der Waals surface area contributed by atoms with E-state index in [-0.39, 0.29) is 98.0 Å². The molecule has 10 aromatic rings. The molecule has 52 heteroatoms. The number of imidazole rings is 3. The number of ether oxygens (including phenoxy) is 9. The molecule has 2 aromatic carbocycles. The van der Waals surface area contributed by atoms with Gasteiger partial charge in [-0.05, 0) is 52.0 Å². The zero-order chi connectivity index (χ0) is 92.8. The van der Waals surface area contributed by atoms with Crippen LogP contribution in [-0.4, -0.2) is 282 Å². The number of anilines is 3. The van der Waals surface area contributed by atoms with E-state index in [0.717, 1.165) is 27.5 Å². The molecule has 5 saturated heterocycles.